The van der Waals surface area contributed by atoms with E-state index in [1.807, 2.05) is 50.6 Å². The van der Waals surface area contributed by atoms with Crippen molar-refractivity contribution in [2.24, 2.45) is 5.92 Å². The Morgan fingerprint density at radius 3 is 2.37 bits per heavy atom. The lowest BCUT2D eigenvalue weighted by atomic mass is 9.86. The van der Waals surface area contributed by atoms with Crippen LogP contribution in [0.1, 0.15) is 31.2 Å². The van der Waals surface area contributed by atoms with Crippen LogP contribution in [0.5, 0.6) is 0 Å². The molecule has 6 nitrogen and oxygen atoms in total. The van der Waals surface area contributed by atoms with E-state index in [0.717, 1.165) is 65.8 Å². The van der Waals surface area contributed by atoms with Gasteiger partial charge in [-0.05, 0) is 68.0 Å². The highest BCUT2D eigenvalue weighted by atomic mass is 15.2. The molecule has 0 radical (unpaired) electrons. The summed E-state index contributed by atoms with van der Waals surface area (Å²) in [7, 11) is 4.07. The zero-order chi connectivity index (χ0) is 24.0. The SMILES string of the molecule is CN(C)c1nc(N[C@H]2CC[C@@H](CNCc3ccc(-c4ccccn4)cc3)CC2)nc2ccccc12. The average Bonchev–Trinajstić information content (AvgIpc) is 2.90. The van der Waals surface area contributed by atoms with Crippen molar-refractivity contribution >= 4 is 22.7 Å². The molecule has 1 saturated carbocycles. The average molecular weight is 467 g/mol. The minimum absolute atomic E-state index is 0.432. The smallest absolute Gasteiger partial charge is 0.225 e. The Hall–Kier alpha value is -3.51. The predicted octanol–water partition coefficient (Wildman–Crippen LogP) is 5.52. The first-order valence-corrected chi connectivity index (χ1v) is 12.6. The van der Waals surface area contributed by atoms with Gasteiger partial charge < -0.3 is 15.5 Å². The molecule has 1 fully saturated rings. The van der Waals surface area contributed by atoms with Crippen LogP contribution >= 0.6 is 0 Å². The van der Waals surface area contributed by atoms with E-state index < -0.39 is 0 Å². The number of para-hydroxylation sites is 1. The minimum Gasteiger partial charge on any atom is -0.362 e. The summed E-state index contributed by atoms with van der Waals surface area (Å²) in [6, 6.07) is 23.4. The Morgan fingerprint density at radius 1 is 0.857 bits per heavy atom. The van der Waals surface area contributed by atoms with Crippen LogP contribution in [0, 0.1) is 5.92 Å². The number of aromatic nitrogens is 3. The molecule has 0 saturated heterocycles. The number of rotatable bonds is 8. The second-order valence-corrected chi connectivity index (χ2v) is 9.69. The van der Waals surface area contributed by atoms with Gasteiger partial charge in [-0.2, -0.15) is 4.98 Å². The Kier molecular flexibility index (Phi) is 7.19. The fourth-order valence-corrected chi connectivity index (χ4v) is 4.91. The molecule has 0 spiro atoms. The van der Waals surface area contributed by atoms with Gasteiger partial charge in [-0.1, -0.05) is 42.5 Å². The molecule has 4 aromatic rings. The first kappa shape index (κ1) is 23.2. The maximum atomic E-state index is 4.81. The van der Waals surface area contributed by atoms with E-state index >= 15 is 0 Å². The van der Waals surface area contributed by atoms with Crippen molar-refractivity contribution < 1.29 is 0 Å². The molecule has 2 N–H and O–H groups in total. The molecule has 1 aliphatic rings. The third-order valence-electron chi connectivity index (χ3n) is 6.86. The minimum atomic E-state index is 0.432. The Balaban J connectivity index is 1.09. The third kappa shape index (κ3) is 5.77. The van der Waals surface area contributed by atoms with E-state index in [2.05, 4.69) is 56.9 Å². The van der Waals surface area contributed by atoms with Crippen molar-refractivity contribution in [3.8, 4) is 11.3 Å². The summed E-state index contributed by atoms with van der Waals surface area (Å²) < 4.78 is 0. The molecule has 0 aliphatic heterocycles. The van der Waals surface area contributed by atoms with Crippen LogP contribution in [-0.4, -0.2) is 41.6 Å². The topological polar surface area (TPSA) is 66.0 Å². The van der Waals surface area contributed by atoms with Crippen molar-refractivity contribution in [1.29, 1.82) is 0 Å². The molecule has 180 valence electrons. The monoisotopic (exact) mass is 466 g/mol. The predicted molar refractivity (Wildman–Crippen MR) is 145 cm³/mol. The molecule has 0 unspecified atom stereocenters. The van der Waals surface area contributed by atoms with Gasteiger partial charge in [0.2, 0.25) is 5.95 Å². The number of fused-ring (bicyclic) bond motifs is 1. The quantitative estimate of drug-likeness (QED) is 0.357. The number of benzene rings is 2. The summed E-state index contributed by atoms with van der Waals surface area (Å²) in [5.74, 6) is 2.42. The molecular formula is C29H34N6. The number of nitrogens with one attached hydrogen (secondary N) is 2. The standard InChI is InChI=1S/C29H34N6/c1-35(2)28-25-7-3-4-9-27(25)33-29(34-28)32-24-16-12-22(13-17-24)20-30-19-21-10-14-23(15-11-21)26-8-5-6-18-31-26/h3-11,14-15,18,22,24,30H,12-13,16-17,19-20H2,1-2H3,(H,32,33,34)/t22-,24+. The molecule has 0 atom stereocenters. The first-order chi connectivity index (χ1) is 17.2. The van der Waals surface area contributed by atoms with Crippen LogP contribution in [0.15, 0.2) is 72.9 Å². The highest BCUT2D eigenvalue weighted by Crippen LogP contribution is 2.28. The Morgan fingerprint density at radius 2 is 1.63 bits per heavy atom. The van der Waals surface area contributed by atoms with Crippen molar-refractivity contribution in [2.75, 3.05) is 30.9 Å². The zero-order valence-electron chi connectivity index (χ0n) is 20.6. The summed E-state index contributed by atoms with van der Waals surface area (Å²) in [5.41, 5.74) is 4.47. The van der Waals surface area contributed by atoms with E-state index in [4.69, 9.17) is 9.97 Å². The highest BCUT2D eigenvalue weighted by Gasteiger charge is 2.22. The number of hydrogen-bond acceptors (Lipinski definition) is 6. The first-order valence-electron chi connectivity index (χ1n) is 12.6. The van der Waals surface area contributed by atoms with E-state index in [0.29, 0.717) is 6.04 Å². The fraction of sp³-hybridized carbons (Fsp3) is 0.345. The number of pyridine rings is 1. The van der Waals surface area contributed by atoms with Gasteiger partial charge in [0, 0.05) is 43.8 Å². The van der Waals surface area contributed by atoms with E-state index in [1.54, 1.807) is 0 Å². The summed E-state index contributed by atoms with van der Waals surface area (Å²) >= 11 is 0. The van der Waals surface area contributed by atoms with Crippen molar-refractivity contribution in [3.05, 3.63) is 78.5 Å². The number of hydrogen-bond donors (Lipinski definition) is 2. The molecule has 5 rings (SSSR count). The normalized spacial score (nSPS) is 17.9. The van der Waals surface area contributed by atoms with Gasteiger partial charge in [0.05, 0.1) is 11.2 Å². The van der Waals surface area contributed by atoms with Gasteiger partial charge in [0.1, 0.15) is 5.82 Å². The van der Waals surface area contributed by atoms with Gasteiger partial charge in [-0.3, -0.25) is 4.98 Å². The summed E-state index contributed by atoms with van der Waals surface area (Å²) in [4.78, 5) is 16.1. The third-order valence-corrected chi connectivity index (χ3v) is 6.86. The van der Waals surface area contributed by atoms with Crippen LogP contribution in [0.4, 0.5) is 11.8 Å². The van der Waals surface area contributed by atoms with Gasteiger partial charge in [0.25, 0.3) is 0 Å². The maximum Gasteiger partial charge on any atom is 0.225 e. The Labute approximate surface area is 207 Å². The molecule has 1 aliphatic carbocycles. The van der Waals surface area contributed by atoms with Crippen LogP contribution in [0.2, 0.25) is 0 Å². The van der Waals surface area contributed by atoms with E-state index in [9.17, 15) is 0 Å². The molecule has 0 bridgehead atoms. The molecule has 6 heteroatoms. The van der Waals surface area contributed by atoms with Gasteiger partial charge >= 0.3 is 0 Å². The second-order valence-electron chi connectivity index (χ2n) is 9.69. The van der Waals surface area contributed by atoms with Gasteiger partial charge in [0.15, 0.2) is 0 Å². The van der Waals surface area contributed by atoms with Crippen LogP contribution in [0.25, 0.3) is 22.2 Å². The molecule has 35 heavy (non-hydrogen) atoms. The van der Waals surface area contributed by atoms with Crippen molar-refractivity contribution in [2.45, 2.75) is 38.3 Å². The number of anilines is 2. The highest BCUT2D eigenvalue weighted by molar-refractivity contribution is 5.90. The lowest BCUT2D eigenvalue weighted by molar-refractivity contribution is 0.324. The van der Waals surface area contributed by atoms with Crippen molar-refractivity contribution in [3.63, 3.8) is 0 Å². The van der Waals surface area contributed by atoms with E-state index in [1.165, 1.54) is 18.4 Å². The fourth-order valence-electron chi connectivity index (χ4n) is 4.91. The molecule has 2 heterocycles. The molecular weight excluding hydrogens is 432 g/mol. The lowest BCUT2D eigenvalue weighted by Gasteiger charge is -2.29. The summed E-state index contributed by atoms with van der Waals surface area (Å²) in [5, 5.41) is 8.37. The zero-order valence-corrected chi connectivity index (χ0v) is 20.6. The summed E-state index contributed by atoms with van der Waals surface area (Å²) in [6.07, 6.45) is 6.58. The van der Waals surface area contributed by atoms with Gasteiger partial charge in [-0.25, -0.2) is 4.98 Å². The molecule has 2 aromatic carbocycles. The van der Waals surface area contributed by atoms with E-state index in [-0.39, 0.29) is 0 Å². The van der Waals surface area contributed by atoms with Gasteiger partial charge in [-0.15, -0.1) is 0 Å². The van der Waals surface area contributed by atoms with Crippen LogP contribution in [0.3, 0.4) is 0 Å². The maximum absolute atomic E-state index is 4.81. The second kappa shape index (κ2) is 10.8. The Bertz CT molecular complexity index is 1230. The van der Waals surface area contributed by atoms with Crippen molar-refractivity contribution in [1.82, 2.24) is 20.3 Å². The lowest BCUT2D eigenvalue weighted by Crippen LogP contribution is -2.31. The largest absolute Gasteiger partial charge is 0.362 e. The summed E-state index contributed by atoms with van der Waals surface area (Å²) in [6.45, 7) is 1.96. The molecule has 0 amide bonds. The van der Waals surface area contributed by atoms with Crippen LogP contribution < -0.4 is 15.5 Å². The van der Waals surface area contributed by atoms with Crippen LogP contribution in [-0.2, 0) is 6.54 Å². The molecule has 2 aromatic heterocycles. The number of nitrogens with zero attached hydrogens (tertiary/aromatic N) is 4.